The number of benzene rings is 1. The third kappa shape index (κ3) is 3.82. The summed E-state index contributed by atoms with van der Waals surface area (Å²) < 4.78 is 5.87. The fourth-order valence-electron chi connectivity index (χ4n) is 2.29. The van der Waals surface area contributed by atoms with E-state index < -0.39 is 12.1 Å². The number of ether oxygens (including phenoxy) is 1. The van der Waals surface area contributed by atoms with Crippen LogP contribution in [0.3, 0.4) is 0 Å². The molecule has 1 atom stereocenters. The molecule has 0 saturated heterocycles. The van der Waals surface area contributed by atoms with Crippen LogP contribution >= 0.6 is 15.9 Å². The smallest absolute Gasteiger partial charge is 0.340 e. The number of esters is 1. The first-order valence-corrected chi connectivity index (χ1v) is 7.63. The fourth-order valence-corrected chi connectivity index (χ4v) is 2.74. The minimum absolute atomic E-state index is 0.225. The van der Waals surface area contributed by atoms with E-state index in [0.717, 1.165) is 25.7 Å². The Kier molecular flexibility index (Phi) is 5.17. The number of halogens is 1. The lowest BCUT2D eigenvalue weighted by molar-refractivity contribution is -0.129. The highest BCUT2D eigenvalue weighted by Gasteiger charge is 2.23. The average Bonchev–Trinajstić information content (AvgIpc) is 2.91. The average molecular weight is 340 g/mol. The Labute approximate surface area is 127 Å². The van der Waals surface area contributed by atoms with Gasteiger partial charge in [0.05, 0.1) is 5.56 Å². The first-order valence-electron chi connectivity index (χ1n) is 6.84. The minimum atomic E-state index is -0.782. The Morgan fingerprint density at radius 2 is 1.95 bits per heavy atom. The van der Waals surface area contributed by atoms with Crippen LogP contribution in [0, 0.1) is 0 Å². The molecule has 0 aliphatic heterocycles. The van der Waals surface area contributed by atoms with Crippen LogP contribution in [-0.4, -0.2) is 24.0 Å². The van der Waals surface area contributed by atoms with Gasteiger partial charge in [0.25, 0.3) is 5.91 Å². The summed E-state index contributed by atoms with van der Waals surface area (Å²) in [4.78, 5) is 23.9. The van der Waals surface area contributed by atoms with Crippen molar-refractivity contribution in [1.29, 1.82) is 0 Å². The molecule has 4 nitrogen and oxygen atoms in total. The van der Waals surface area contributed by atoms with Crippen molar-refractivity contribution >= 4 is 27.8 Å². The van der Waals surface area contributed by atoms with E-state index in [9.17, 15) is 9.59 Å². The predicted molar refractivity (Wildman–Crippen MR) is 79.4 cm³/mol. The quantitative estimate of drug-likeness (QED) is 0.857. The first kappa shape index (κ1) is 15.0. The second-order valence-corrected chi connectivity index (χ2v) is 5.87. The molecule has 0 bridgehead atoms. The summed E-state index contributed by atoms with van der Waals surface area (Å²) >= 11 is 3.29. The van der Waals surface area contributed by atoms with Crippen molar-refractivity contribution in [2.75, 3.05) is 0 Å². The molecule has 1 aromatic carbocycles. The largest absolute Gasteiger partial charge is 0.449 e. The Morgan fingerprint density at radius 1 is 1.30 bits per heavy atom. The van der Waals surface area contributed by atoms with Crippen LogP contribution in [0.25, 0.3) is 0 Å². The molecular weight excluding hydrogens is 322 g/mol. The zero-order valence-corrected chi connectivity index (χ0v) is 13.0. The first-order chi connectivity index (χ1) is 9.58. The topological polar surface area (TPSA) is 55.4 Å². The van der Waals surface area contributed by atoms with E-state index in [1.165, 1.54) is 0 Å². The zero-order chi connectivity index (χ0) is 14.5. The van der Waals surface area contributed by atoms with Gasteiger partial charge in [-0.3, -0.25) is 4.79 Å². The molecule has 0 spiro atoms. The minimum Gasteiger partial charge on any atom is -0.449 e. The van der Waals surface area contributed by atoms with Crippen LogP contribution in [0.1, 0.15) is 43.0 Å². The fraction of sp³-hybridized carbons (Fsp3) is 0.467. The maximum atomic E-state index is 12.0. The summed E-state index contributed by atoms with van der Waals surface area (Å²) in [5.41, 5.74) is 0.424. The van der Waals surface area contributed by atoms with Crippen molar-refractivity contribution in [3.8, 4) is 0 Å². The number of hydrogen-bond donors (Lipinski definition) is 1. The summed E-state index contributed by atoms with van der Waals surface area (Å²) in [5.74, 6) is -0.719. The molecule has 1 aromatic rings. The lowest BCUT2D eigenvalue weighted by atomic mass is 10.2. The van der Waals surface area contributed by atoms with E-state index in [0.29, 0.717) is 10.0 Å². The summed E-state index contributed by atoms with van der Waals surface area (Å²) in [5, 5.41) is 2.92. The van der Waals surface area contributed by atoms with Gasteiger partial charge in [0.1, 0.15) is 0 Å². The van der Waals surface area contributed by atoms with E-state index in [-0.39, 0.29) is 11.9 Å². The number of carbonyl (C=O) groups is 2. The Bertz CT molecular complexity index is 498. The van der Waals surface area contributed by atoms with Crippen molar-refractivity contribution < 1.29 is 14.3 Å². The molecule has 2 rings (SSSR count). The Balaban J connectivity index is 1.90. The normalized spacial score (nSPS) is 16.7. The second-order valence-electron chi connectivity index (χ2n) is 5.02. The second kappa shape index (κ2) is 6.88. The molecule has 1 amide bonds. The molecule has 5 heteroatoms. The van der Waals surface area contributed by atoms with Crippen LogP contribution in [0.5, 0.6) is 0 Å². The maximum absolute atomic E-state index is 12.0. The van der Waals surface area contributed by atoms with Crippen molar-refractivity contribution in [3.63, 3.8) is 0 Å². The maximum Gasteiger partial charge on any atom is 0.340 e. The standard InChI is InChI=1S/C15H18BrNO3/c1-10(14(18)17-11-6-2-3-7-11)20-15(19)12-8-4-5-9-13(12)16/h4-5,8-11H,2-3,6-7H2,1H3,(H,17,18)/t10-/m0/s1. The van der Waals surface area contributed by atoms with Gasteiger partial charge in [-0.2, -0.15) is 0 Å². The van der Waals surface area contributed by atoms with Crippen molar-refractivity contribution in [3.05, 3.63) is 34.3 Å². The predicted octanol–water partition coefficient (Wildman–Crippen LogP) is 3.05. The molecular formula is C15H18BrNO3. The van der Waals surface area contributed by atoms with E-state index >= 15 is 0 Å². The van der Waals surface area contributed by atoms with Gasteiger partial charge in [0.2, 0.25) is 0 Å². The summed E-state index contributed by atoms with van der Waals surface area (Å²) in [6, 6.07) is 7.22. The van der Waals surface area contributed by atoms with Gasteiger partial charge in [-0.25, -0.2) is 4.79 Å². The molecule has 0 heterocycles. The SMILES string of the molecule is C[C@H](OC(=O)c1ccccc1Br)C(=O)NC1CCCC1. The molecule has 1 N–H and O–H groups in total. The lowest BCUT2D eigenvalue weighted by Crippen LogP contribution is -2.40. The number of carbonyl (C=O) groups excluding carboxylic acids is 2. The van der Waals surface area contributed by atoms with Gasteiger partial charge in [0, 0.05) is 10.5 Å². The van der Waals surface area contributed by atoms with Crippen LogP contribution in [0.15, 0.2) is 28.7 Å². The third-order valence-electron chi connectivity index (χ3n) is 3.45. The Morgan fingerprint density at radius 3 is 2.60 bits per heavy atom. The highest BCUT2D eigenvalue weighted by molar-refractivity contribution is 9.10. The van der Waals surface area contributed by atoms with Crippen LogP contribution in [-0.2, 0) is 9.53 Å². The Hall–Kier alpha value is -1.36. The number of hydrogen-bond acceptors (Lipinski definition) is 3. The molecule has 0 radical (unpaired) electrons. The highest BCUT2D eigenvalue weighted by atomic mass is 79.9. The lowest BCUT2D eigenvalue weighted by Gasteiger charge is -2.17. The number of nitrogens with one attached hydrogen (secondary N) is 1. The van der Waals surface area contributed by atoms with Crippen molar-refractivity contribution in [2.45, 2.75) is 44.8 Å². The van der Waals surface area contributed by atoms with Crippen molar-refractivity contribution in [1.82, 2.24) is 5.32 Å². The van der Waals surface area contributed by atoms with E-state index in [1.807, 2.05) is 6.07 Å². The van der Waals surface area contributed by atoms with Crippen LogP contribution in [0.4, 0.5) is 0 Å². The number of rotatable bonds is 4. The molecule has 108 valence electrons. The summed E-state index contributed by atoms with van der Waals surface area (Å²) in [6.07, 6.45) is 3.54. The van der Waals surface area contributed by atoms with Crippen molar-refractivity contribution in [2.24, 2.45) is 0 Å². The van der Waals surface area contributed by atoms with Gasteiger partial charge in [-0.05, 0) is 47.8 Å². The molecule has 0 aromatic heterocycles. The summed E-state index contributed by atoms with van der Waals surface area (Å²) in [6.45, 7) is 1.60. The molecule has 0 unspecified atom stereocenters. The zero-order valence-electron chi connectivity index (χ0n) is 11.4. The molecule has 1 saturated carbocycles. The van der Waals surface area contributed by atoms with Crippen LogP contribution < -0.4 is 5.32 Å². The van der Waals surface area contributed by atoms with E-state index in [4.69, 9.17) is 4.74 Å². The van der Waals surface area contributed by atoms with Gasteiger partial charge in [-0.1, -0.05) is 25.0 Å². The van der Waals surface area contributed by atoms with Gasteiger partial charge >= 0.3 is 5.97 Å². The summed E-state index contributed by atoms with van der Waals surface area (Å²) in [7, 11) is 0. The molecule has 1 aliphatic rings. The molecule has 20 heavy (non-hydrogen) atoms. The third-order valence-corrected chi connectivity index (χ3v) is 4.14. The van der Waals surface area contributed by atoms with Gasteiger partial charge < -0.3 is 10.1 Å². The van der Waals surface area contributed by atoms with Gasteiger partial charge in [-0.15, -0.1) is 0 Å². The van der Waals surface area contributed by atoms with Gasteiger partial charge in [0.15, 0.2) is 6.10 Å². The van der Waals surface area contributed by atoms with Crippen LogP contribution in [0.2, 0.25) is 0 Å². The number of amides is 1. The van der Waals surface area contributed by atoms with E-state index in [2.05, 4.69) is 21.2 Å². The molecule has 1 aliphatic carbocycles. The van der Waals surface area contributed by atoms with E-state index in [1.54, 1.807) is 25.1 Å². The molecule has 1 fully saturated rings. The highest BCUT2D eigenvalue weighted by Crippen LogP contribution is 2.19. The monoisotopic (exact) mass is 339 g/mol.